The number of aliphatic hydroxyl groups excluding tert-OH is 3. The maximum Gasteiger partial charge on any atom is 0.472 e. The molecule has 494 valence electrons. The van der Waals surface area contributed by atoms with Gasteiger partial charge >= 0.3 is 19.8 Å². The fourth-order valence-electron chi connectivity index (χ4n) is 9.87. The number of hydrogen-bond donors (Lipinski definition) is 8. The zero-order valence-corrected chi connectivity index (χ0v) is 53.3. The molecule has 0 bridgehead atoms. The molecule has 1 aliphatic heterocycles. The fourth-order valence-corrected chi connectivity index (χ4v) is 10.6. The van der Waals surface area contributed by atoms with Crippen LogP contribution in [0.25, 0.3) is 0 Å². The summed E-state index contributed by atoms with van der Waals surface area (Å²) < 4.78 is 45.0. The smallest absolute Gasteiger partial charge is 0.462 e. The number of nitrogens with one attached hydrogen (secondary N) is 3. The van der Waals surface area contributed by atoms with Crippen LogP contribution in [-0.4, -0.2) is 149 Å². The first kappa shape index (κ1) is 79.1. The Kier molecular flexibility index (Phi) is 44.7. The first-order valence-electron chi connectivity index (χ1n) is 32.0. The van der Waals surface area contributed by atoms with E-state index >= 15 is 0 Å². The summed E-state index contributed by atoms with van der Waals surface area (Å²) in [5.74, 6) is -6.95. The normalized spacial score (nSPS) is 19.3. The van der Waals surface area contributed by atoms with Crippen molar-refractivity contribution in [3.63, 3.8) is 0 Å². The van der Waals surface area contributed by atoms with E-state index in [4.69, 9.17) is 33.7 Å². The molecule has 1 saturated heterocycles. The van der Waals surface area contributed by atoms with E-state index in [2.05, 4.69) is 29.8 Å². The highest BCUT2D eigenvalue weighted by molar-refractivity contribution is 7.47. The van der Waals surface area contributed by atoms with Crippen molar-refractivity contribution in [3.8, 4) is 0 Å². The molecule has 85 heavy (non-hydrogen) atoms. The lowest BCUT2D eigenvalue weighted by Crippen LogP contribution is -2.65. The van der Waals surface area contributed by atoms with E-state index < -0.39 is 142 Å². The summed E-state index contributed by atoms with van der Waals surface area (Å²) in [6.07, 6.45) is 20.7. The third-order valence-electron chi connectivity index (χ3n) is 15.1. The number of phosphoric acid groups is 1. The van der Waals surface area contributed by atoms with Gasteiger partial charge in [0, 0.05) is 57.4 Å². The average molecular weight is 1240 g/mol. The van der Waals surface area contributed by atoms with Gasteiger partial charge in [-0.3, -0.25) is 47.4 Å². The molecule has 4 amide bonds. The quantitative estimate of drug-likeness (QED) is 0.0163. The summed E-state index contributed by atoms with van der Waals surface area (Å²) >= 11 is 0. The second-order valence-corrected chi connectivity index (χ2v) is 24.5. The first-order valence-corrected chi connectivity index (χ1v) is 33.5. The highest BCUT2D eigenvalue weighted by Gasteiger charge is 2.47. The average Bonchev–Trinajstić information content (AvgIpc) is 2.45. The largest absolute Gasteiger partial charge is 0.472 e. The van der Waals surface area contributed by atoms with Crippen molar-refractivity contribution < 1.29 is 91.1 Å². The maximum absolute atomic E-state index is 13.1. The van der Waals surface area contributed by atoms with Gasteiger partial charge in [0.2, 0.25) is 23.6 Å². The molecule has 11 atom stereocenters. The lowest BCUT2D eigenvalue weighted by Gasteiger charge is -2.43. The lowest BCUT2D eigenvalue weighted by atomic mass is 9.95. The Morgan fingerprint density at radius 1 is 0.635 bits per heavy atom. The molecular formula is C61H111N4O19P. The van der Waals surface area contributed by atoms with Gasteiger partial charge in [0.15, 0.2) is 18.2 Å². The molecule has 0 aliphatic carbocycles. The van der Waals surface area contributed by atoms with E-state index in [1.165, 1.54) is 130 Å². The van der Waals surface area contributed by atoms with Crippen LogP contribution in [0, 0.1) is 11.8 Å². The van der Waals surface area contributed by atoms with E-state index in [1.807, 2.05) is 0 Å². The minimum absolute atomic E-state index is 0.117. The van der Waals surface area contributed by atoms with E-state index in [0.717, 1.165) is 51.9 Å². The molecular weight excluding hydrogens is 1120 g/mol. The summed E-state index contributed by atoms with van der Waals surface area (Å²) in [6, 6.07) is -2.62. The minimum Gasteiger partial charge on any atom is -0.462 e. The zero-order chi connectivity index (χ0) is 63.4. The van der Waals surface area contributed by atoms with Crippen LogP contribution in [0.4, 0.5) is 0 Å². The summed E-state index contributed by atoms with van der Waals surface area (Å²) in [7, 11) is -4.78. The van der Waals surface area contributed by atoms with Crippen LogP contribution in [0.2, 0.25) is 0 Å². The van der Waals surface area contributed by atoms with Gasteiger partial charge in [0.05, 0.1) is 19.8 Å². The molecule has 0 aromatic carbocycles. The number of primary amides is 1. The summed E-state index contributed by atoms with van der Waals surface area (Å²) in [6.45, 7) is 7.34. The lowest BCUT2D eigenvalue weighted by molar-refractivity contribution is -0.266. The van der Waals surface area contributed by atoms with Crippen molar-refractivity contribution >= 4 is 55.0 Å². The van der Waals surface area contributed by atoms with Crippen molar-refractivity contribution in [1.82, 2.24) is 16.0 Å². The number of amides is 4. The van der Waals surface area contributed by atoms with Gasteiger partial charge in [-0.15, -0.1) is 0 Å². The van der Waals surface area contributed by atoms with Crippen molar-refractivity contribution in [2.75, 3.05) is 33.0 Å². The van der Waals surface area contributed by atoms with Crippen molar-refractivity contribution in [1.29, 1.82) is 0 Å². The Hall–Kier alpha value is -3.93. The highest BCUT2D eigenvalue weighted by Crippen LogP contribution is 2.43. The van der Waals surface area contributed by atoms with Gasteiger partial charge in [0.1, 0.15) is 48.9 Å². The second-order valence-electron chi connectivity index (χ2n) is 23.1. The van der Waals surface area contributed by atoms with Gasteiger partial charge in [-0.05, 0) is 26.2 Å². The molecule has 4 unspecified atom stereocenters. The number of hydrogen-bond acceptors (Lipinski definition) is 18. The predicted octanol–water partition coefficient (Wildman–Crippen LogP) is 7.94. The van der Waals surface area contributed by atoms with Crippen molar-refractivity contribution in [2.24, 2.45) is 17.6 Å². The molecule has 0 aromatic rings. The third kappa shape index (κ3) is 38.9. The number of nitrogens with two attached hydrogens (primary N) is 1. The zero-order valence-electron chi connectivity index (χ0n) is 52.4. The Bertz CT molecular complexity index is 1950. The van der Waals surface area contributed by atoms with Crippen LogP contribution >= 0.6 is 7.82 Å². The Balaban J connectivity index is 2.62. The Morgan fingerprint density at radius 3 is 1.60 bits per heavy atom. The van der Waals surface area contributed by atoms with Crippen LogP contribution in [0.1, 0.15) is 247 Å². The number of phosphoric ester groups is 1. The number of carbonyl (C=O) groups excluding carboxylic acids is 8. The van der Waals surface area contributed by atoms with E-state index in [0.29, 0.717) is 12.8 Å². The molecule has 1 heterocycles. The van der Waals surface area contributed by atoms with Crippen LogP contribution in [0.3, 0.4) is 0 Å². The first-order chi connectivity index (χ1) is 40.5. The number of esters is 2. The molecule has 1 aliphatic rings. The molecule has 23 nitrogen and oxygen atoms in total. The minimum atomic E-state index is -4.78. The van der Waals surface area contributed by atoms with Crippen LogP contribution < -0.4 is 21.7 Å². The van der Waals surface area contributed by atoms with Gasteiger partial charge in [-0.25, -0.2) is 4.57 Å². The molecule has 1 rings (SSSR count). The third-order valence-corrected chi connectivity index (χ3v) is 16.1. The molecule has 0 spiro atoms. The molecule has 0 radical (unpaired) electrons. The van der Waals surface area contributed by atoms with E-state index in [1.54, 1.807) is 0 Å². The van der Waals surface area contributed by atoms with E-state index in [9.17, 15) is 63.1 Å². The molecule has 0 aromatic heterocycles. The topological polar surface area (TPSA) is 352 Å². The van der Waals surface area contributed by atoms with Gasteiger partial charge in [-0.2, -0.15) is 0 Å². The number of aliphatic hydroxyl groups is 3. The number of unbranched alkanes of at least 4 members (excludes halogenated alkanes) is 24. The number of carbonyl (C=O) groups is 8. The number of ketones is 2. The monoisotopic (exact) mass is 1230 g/mol. The van der Waals surface area contributed by atoms with Crippen molar-refractivity contribution in [3.05, 3.63) is 0 Å². The van der Waals surface area contributed by atoms with Crippen LogP contribution in [0.5, 0.6) is 0 Å². The molecule has 9 N–H and O–H groups in total. The van der Waals surface area contributed by atoms with E-state index in [-0.39, 0.29) is 45.3 Å². The predicted molar refractivity (Wildman–Crippen MR) is 320 cm³/mol. The van der Waals surface area contributed by atoms with Gasteiger partial charge in [-0.1, -0.05) is 182 Å². The van der Waals surface area contributed by atoms with Crippen molar-refractivity contribution in [2.45, 2.75) is 296 Å². The summed E-state index contributed by atoms with van der Waals surface area (Å²) in [4.78, 5) is 112. The standard InChI is InChI=1S/C61H111N4O19P/c1-7-9-11-13-15-17-19-21-23-25-27-29-31-33-53(70)79-42-49(83-54(71)34-32-30-28-26-24-22-20-18-16-14-12-10-8-2)43-81-85(77,78)80-38-37-63-59(74)44(3)39-48(68)35-36-50(58(62)73)65-60(75)45(4)40-51(69)46(5)82-57-55(64-47(6)67)61(76)84-52(41-66)56(57)72/h44-46,49-50,52,55-57,61,66,72,76H,7-43H2,1-6H3,(H2,62,73)(H,63,74)(H,64,67)(H,65,75)(H,77,78)/t44-,45-,46?,49?,50-,52-,55-,56-,57-,61?/m1/s1. The van der Waals surface area contributed by atoms with Crippen LogP contribution in [-0.2, 0) is 70.9 Å². The summed E-state index contributed by atoms with van der Waals surface area (Å²) in [5.41, 5.74) is 5.53. The number of Topliss-reactive ketones (excluding diaryl/α,β-unsaturated/α-hetero) is 2. The molecule has 24 heteroatoms. The SMILES string of the molecule is CCCCCCCCCCCCCCCC(=O)OCC(COP(=O)(O)OCCNC(=O)[C@H](C)CC(=O)CC[C@@H](NC(=O)[C@H](C)CC(=O)C(C)O[C@H]1[C@H](O)[C@@H](CO)OC(O)[C@@H]1NC(C)=O)C(N)=O)OC(=O)CCCCCCCCCCCCCCC. The second kappa shape index (κ2) is 48.1. The summed E-state index contributed by atoms with van der Waals surface area (Å²) in [5, 5.41) is 38.0. The number of ether oxygens (including phenoxy) is 4. The fraction of sp³-hybridized carbons (Fsp3) is 0.869. The Labute approximate surface area is 506 Å². The highest BCUT2D eigenvalue weighted by atomic mass is 31.2. The van der Waals surface area contributed by atoms with Gasteiger partial charge in [0.25, 0.3) is 0 Å². The van der Waals surface area contributed by atoms with Gasteiger partial charge < -0.3 is 60.8 Å². The molecule has 0 saturated carbocycles. The maximum atomic E-state index is 13.1. The molecule has 1 fully saturated rings. The number of rotatable bonds is 54. The Morgan fingerprint density at radius 2 is 1.12 bits per heavy atom. The van der Waals surface area contributed by atoms with Crippen LogP contribution in [0.15, 0.2) is 0 Å².